The Balaban J connectivity index is 2.35. The molecule has 1 aromatic rings. The summed E-state index contributed by atoms with van der Waals surface area (Å²) in [7, 11) is 1.65. The molecule has 0 aliphatic rings. The van der Waals surface area contributed by atoms with Gasteiger partial charge in [-0.2, -0.15) is 0 Å². The summed E-state index contributed by atoms with van der Waals surface area (Å²) < 4.78 is 5.17. The van der Waals surface area contributed by atoms with Crippen molar-refractivity contribution in [1.29, 1.82) is 0 Å². The summed E-state index contributed by atoms with van der Waals surface area (Å²) in [5.41, 5.74) is 7.09. The van der Waals surface area contributed by atoms with E-state index >= 15 is 0 Å². The van der Waals surface area contributed by atoms with Gasteiger partial charge in [0.2, 0.25) is 5.91 Å². The normalized spacial score (nSPS) is 12.8. The molecule has 0 saturated carbocycles. The quantitative estimate of drug-likeness (QED) is 0.837. The van der Waals surface area contributed by atoms with Crippen molar-refractivity contribution in [2.75, 3.05) is 13.7 Å². The number of hydrogen-bond donors (Lipinski definition) is 2. The largest absolute Gasteiger partial charge is 0.497 e. The van der Waals surface area contributed by atoms with Gasteiger partial charge in [0.15, 0.2) is 0 Å². The molecule has 0 aromatic heterocycles. The van der Waals surface area contributed by atoms with Crippen molar-refractivity contribution >= 4 is 5.91 Å². The first kappa shape index (κ1) is 16.5. The number of nitrogens with two attached hydrogens (primary N) is 1. The maximum absolute atomic E-state index is 11.8. The van der Waals surface area contributed by atoms with Crippen molar-refractivity contribution in [3.05, 3.63) is 29.8 Å². The van der Waals surface area contributed by atoms with Crippen LogP contribution in [-0.2, 0) is 11.2 Å². The van der Waals surface area contributed by atoms with Crippen LogP contribution in [0.4, 0.5) is 0 Å². The SMILES string of the molecule is COc1cccc(CCNC(=O)CC(N)C(C)(C)C)c1. The molecule has 0 heterocycles. The van der Waals surface area contributed by atoms with Crippen LogP contribution in [0.15, 0.2) is 24.3 Å². The fourth-order valence-electron chi connectivity index (χ4n) is 1.75. The van der Waals surface area contributed by atoms with E-state index in [2.05, 4.69) is 5.32 Å². The molecule has 0 saturated heterocycles. The minimum atomic E-state index is -0.126. The number of benzene rings is 1. The molecule has 0 bridgehead atoms. The number of carbonyl (C=O) groups is 1. The van der Waals surface area contributed by atoms with Gasteiger partial charge in [-0.25, -0.2) is 0 Å². The van der Waals surface area contributed by atoms with Gasteiger partial charge in [0.25, 0.3) is 0 Å². The topological polar surface area (TPSA) is 64.3 Å². The lowest BCUT2D eigenvalue weighted by atomic mass is 9.85. The maximum Gasteiger partial charge on any atom is 0.221 e. The lowest BCUT2D eigenvalue weighted by Crippen LogP contribution is -2.40. The first-order chi connectivity index (χ1) is 9.32. The van der Waals surface area contributed by atoms with Crippen LogP contribution in [0.3, 0.4) is 0 Å². The summed E-state index contributed by atoms with van der Waals surface area (Å²) in [5, 5.41) is 2.91. The molecule has 0 spiro atoms. The lowest BCUT2D eigenvalue weighted by molar-refractivity contribution is -0.121. The van der Waals surface area contributed by atoms with Gasteiger partial charge in [0, 0.05) is 19.0 Å². The monoisotopic (exact) mass is 278 g/mol. The predicted molar refractivity (Wildman–Crippen MR) is 81.8 cm³/mol. The van der Waals surface area contributed by atoms with Crippen LogP contribution in [0.1, 0.15) is 32.8 Å². The van der Waals surface area contributed by atoms with Crippen molar-refractivity contribution < 1.29 is 9.53 Å². The molecular weight excluding hydrogens is 252 g/mol. The maximum atomic E-state index is 11.8. The van der Waals surface area contributed by atoms with E-state index in [0.29, 0.717) is 13.0 Å². The highest BCUT2D eigenvalue weighted by Gasteiger charge is 2.22. The second-order valence-corrected chi connectivity index (χ2v) is 6.13. The number of nitrogens with one attached hydrogen (secondary N) is 1. The number of hydrogen-bond acceptors (Lipinski definition) is 3. The zero-order chi connectivity index (χ0) is 15.2. The number of amides is 1. The van der Waals surface area contributed by atoms with Gasteiger partial charge >= 0.3 is 0 Å². The fraction of sp³-hybridized carbons (Fsp3) is 0.562. The first-order valence-corrected chi connectivity index (χ1v) is 6.98. The highest BCUT2D eigenvalue weighted by molar-refractivity contribution is 5.76. The van der Waals surface area contributed by atoms with Gasteiger partial charge in [0.05, 0.1) is 7.11 Å². The zero-order valence-corrected chi connectivity index (χ0v) is 12.9. The van der Waals surface area contributed by atoms with Gasteiger partial charge in [-0.1, -0.05) is 32.9 Å². The molecule has 0 radical (unpaired) electrons. The molecule has 4 nitrogen and oxygen atoms in total. The molecule has 1 amide bonds. The fourth-order valence-corrected chi connectivity index (χ4v) is 1.75. The number of carbonyl (C=O) groups excluding carboxylic acids is 1. The lowest BCUT2D eigenvalue weighted by Gasteiger charge is -2.26. The molecule has 20 heavy (non-hydrogen) atoms. The average molecular weight is 278 g/mol. The number of rotatable bonds is 6. The van der Waals surface area contributed by atoms with Crippen molar-refractivity contribution in [3.8, 4) is 5.75 Å². The van der Waals surface area contributed by atoms with Crippen molar-refractivity contribution in [2.24, 2.45) is 11.1 Å². The minimum absolute atomic E-state index is 0.00956. The van der Waals surface area contributed by atoms with Gasteiger partial charge < -0.3 is 15.8 Å². The second-order valence-electron chi connectivity index (χ2n) is 6.13. The third-order valence-electron chi connectivity index (χ3n) is 3.39. The molecule has 0 aliphatic heterocycles. The van der Waals surface area contributed by atoms with Crippen LogP contribution >= 0.6 is 0 Å². The van der Waals surface area contributed by atoms with E-state index in [9.17, 15) is 4.79 Å². The Bertz CT molecular complexity index is 438. The van der Waals surface area contributed by atoms with Crippen LogP contribution in [0, 0.1) is 5.41 Å². The van der Waals surface area contributed by atoms with Gasteiger partial charge in [-0.3, -0.25) is 4.79 Å². The summed E-state index contributed by atoms with van der Waals surface area (Å²) in [6.07, 6.45) is 1.15. The Morgan fingerprint density at radius 1 is 1.40 bits per heavy atom. The van der Waals surface area contributed by atoms with Crippen LogP contribution in [0.25, 0.3) is 0 Å². The molecule has 0 aliphatic carbocycles. The molecule has 0 fully saturated rings. The minimum Gasteiger partial charge on any atom is -0.497 e. The summed E-state index contributed by atoms with van der Waals surface area (Å²) in [5.74, 6) is 0.846. The molecule has 1 aromatic carbocycles. The third-order valence-corrected chi connectivity index (χ3v) is 3.39. The summed E-state index contributed by atoms with van der Waals surface area (Å²) in [6, 6.07) is 7.73. The second kappa shape index (κ2) is 7.29. The molecule has 112 valence electrons. The van der Waals surface area contributed by atoms with Crippen molar-refractivity contribution in [2.45, 2.75) is 39.7 Å². The Kier molecular flexibility index (Phi) is 6.02. The van der Waals surface area contributed by atoms with Gasteiger partial charge in [-0.05, 0) is 29.5 Å². The Hall–Kier alpha value is -1.55. The van der Waals surface area contributed by atoms with Crippen molar-refractivity contribution in [3.63, 3.8) is 0 Å². The van der Waals surface area contributed by atoms with E-state index < -0.39 is 0 Å². The Morgan fingerprint density at radius 3 is 2.70 bits per heavy atom. The third kappa shape index (κ3) is 5.61. The van der Waals surface area contributed by atoms with Crippen LogP contribution < -0.4 is 15.8 Å². The van der Waals surface area contributed by atoms with Crippen LogP contribution in [-0.4, -0.2) is 25.6 Å². The molecule has 1 rings (SSSR count). The molecular formula is C16H26N2O2. The van der Waals surface area contributed by atoms with Crippen molar-refractivity contribution in [1.82, 2.24) is 5.32 Å². The summed E-state index contributed by atoms with van der Waals surface area (Å²) >= 11 is 0. The average Bonchev–Trinajstić information content (AvgIpc) is 2.37. The van der Waals surface area contributed by atoms with Gasteiger partial charge in [0.1, 0.15) is 5.75 Å². The molecule has 3 N–H and O–H groups in total. The van der Waals surface area contributed by atoms with E-state index in [1.165, 1.54) is 0 Å². The highest BCUT2D eigenvalue weighted by Crippen LogP contribution is 2.19. The van der Waals surface area contributed by atoms with Crippen LogP contribution in [0.5, 0.6) is 5.75 Å². The first-order valence-electron chi connectivity index (χ1n) is 6.98. The van der Waals surface area contributed by atoms with E-state index in [0.717, 1.165) is 17.7 Å². The smallest absolute Gasteiger partial charge is 0.221 e. The standard InChI is InChI=1S/C16H26N2O2/c1-16(2,3)14(17)11-15(19)18-9-8-12-6-5-7-13(10-12)20-4/h5-7,10,14H,8-9,11,17H2,1-4H3,(H,18,19). The molecule has 4 heteroatoms. The van der Waals surface area contributed by atoms with E-state index in [-0.39, 0.29) is 17.4 Å². The molecule has 1 unspecified atom stereocenters. The number of methoxy groups -OCH3 is 1. The van der Waals surface area contributed by atoms with Gasteiger partial charge in [-0.15, -0.1) is 0 Å². The highest BCUT2D eigenvalue weighted by atomic mass is 16.5. The zero-order valence-electron chi connectivity index (χ0n) is 12.9. The Labute approximate surface area is 121 Å². The van der Waals surface area contributed by atoms with E-state index in [4.69, 9.17) is 10.5 Å². The summed E-state index contributed by atoms with van der Waals surface area (Å²) in [6.45, 7) is 6.74. The summed E-state index contributed by atoms with van der Waals surface area (Å²) in [4.78, 5) is 11.8. The Morgan fingerprint density at radius 2 is 2.10 bits per heavy atom. The predicted octanol–water partition coefficient (Wildman–Crippen LogP) is 2.12. The van der Waals surface area contributed by atoms with Crippen LogP contribution in [0.2, 0.25) is 0 Å². The molecule has 1 atom stereocenters. The number of ether oxygens (including phenoxy) is 1. The van der Waals surface area contributed by atoms with E-state index in [1.54, 1.807) is 7.11 Å². The van der Waals surface area contributed by atoms with E-state index in [1.807, 2.05) is 45.0 Å².